The minimum Gasteiger partial charge on any atom is -0.508 e. The molecule has 10 heteroatoms. The molecule has 0 bridgehead atoms. The van der Waals surface area contributed by atoms with Gasteiger partial charge in [-0.1, -0.05) is 66.6 Å². The fourth-order valence-corrected chi connectivity index (χ4v) is 6.52. The summed E-state index contributed by atoms with van der Waals surface area (Å²) in [6.45, 7) is 0.991. The molecule has 0 saturated carbocycles. The van der Waals surface area contributed by atoms with Gasteiger partial charge in [0.1, 0.15) is 17.7 Å². The molecule has 1 heterocycles. The average Bonchev–Trinajstić information content (AvgIpc) is 3.25. The van der Waals surface area contributed by atoms with Crippen LogP contribution in [0.5, 0.6) is 5.75 Å². The second-order valence-electron chi connectivity index (χ2n) is 11.0. The van der Waals surface area contributed by atoms with Crippen LogP contribution in [0.4, 0.5) is 13.2 Å². The van der Waals surface area contributed by atoms with Crippen molar-refractivity contribution in [2.45, 2.75) is 49.7 Å². The van der Waals surface area contributed by atoms with E-state index >= 15 is 0 Å². The van der Waals surface area contributed by atoms with Gasteiger partial charge in [0.2, 0.25) is 5.91 Å². The molecule has 222 valence electrons. The maximum Gasteiger partial charge on any atom is 0.405 e. The smallest absolute Gasteiger partial charge is 0.405 e. The highest BCUT2D eigenvalue weighted by Crippen LogP contribution is 2.51. The van der Waals surface area contributed by atoms with Crippen molar-refractivity contribution in [2.75, 3.05) is 26.2 Å². The third-order valence-corrected chi connectivity index (χ3v) is 8.61. The van der Waals surface area contributed by atoms with Gasteiger partial charge in [-0.3, -0.25) is 9.59 Å². The highest BCUT2D eigenvalue weighted by atomic mass is 35.5. The molecule has 6 nitrogen and oxygen atoms in total. The summed E-state index contributed by atoms with van der Waals surface area (Å²) in [6.07, 6.45) is -1.14. The van der Waals surface area contributed by atoms with Crippen molar-refractivity contribution in [2.24, 2.45) is 0 Å². The number of fused-ring (bicyclic) bond motifs is 3. The van der Waals surface area contributed by atoms with Crippen LogP contribution in [0.2, 0.25) is 5.02 Å². The standard InChI is InChI=1S/C32H33ClF3N3O3/c33-28-19-22(40)11-12-25(28)29(41)38-21-13-17-39(18-14-21)16-6-5-15-31(30(42)37-20-32(34,35)36)26-9-3-1-7-23(26)24-8-2-4-10-27(24)31/h1-4,7-12,19,21,40H,5-6,13-18,20H2,(H,37,42)(H,38,41). The Bertz CT molecular complexity index is 1410. The van der Waals surface area contributed by atoms with Crippen molar-refractivity contribution in [3.8, 4) is 16.9 Å². The van der Waals surface area contributed by atoms with Gasteiger partial charge in [0.25, 0.3) is 5.91 Å². The van der Waals surface area contributed by atoms with Crippen molar-refractivity contribution in [3.05, 3.63) is 88.4 Å². The Morgan fingerprint density at radius 3 is 2.17 bits per heavy atom. The number of rotatable bonds is 9. The number of benzene rings is 3. The number of nitrogens with one attached hydrogen (secondary N) is 2. The zero-order valence-corrected chi connectivity index (χ0v) is 23.8. The van der Waals surface area contributed by atoms with Crippen molar-refractivity contribution in [3.63, 3.8) is 0 Å². The van der Waals surface area contributed by atoms with Gasteiger partial charge in [0.05, 0.1) is 10.6 Å². The molecule has 1 aliphatic heterocycles. The largest absolute Gasteiger partial charge is 0.508 e. The number of phenolic OH excluding ortho intramolecular Hbond substituents is 1. The summed E-state index contributed by atoms with van der Waals surface area (Å²) in [5.41, 5.74) is 2.39. The van der Waals surface area contributed by atoms with E-state index in [9.17, 15) is 27.9 Å². The number of hydrogen-bond acceptors (Lipinski definition) is 4. The van der Waals surface area contributed by atoms with Gasteiger partial charge in [0.15, 0.2) is 0 Å². The topological polar surface area (TPSA) is 81.7 Å². The second-order valence-corrected chi connectivity index (χ2v) is 11.4. The number of nitrogens with zero attached hydrogens (tertiary/aromatic N) is 1. The molecule has 1 aliphatic carbocycles. The van der Waals surface area contributed by atoms with E-state index in [0.29, 0.717) is 18.4 Å². The SMILES string of the molecule is O=C(NC1CCN(CCCCC2(C(=O)NCC(F)(F)F)c3ccccc3-c3ccccc32)CC1)c1ccc(O)cc1Cl. The number of likely N-dealkylation sites (tertiary alicyclic amines) is 1. The highest BCUT2D eigenvalue weighted by Gasteiger charge is 2.49. The molecule has 0 atom stereocenters. The van der Waals surface area contributed by atoms with E-state index in [0.717, 1.165) is 61.2 Å². The number of unbranched alkanes of at least 4 members (excludes halogenated alkanes) is 1. The summed E-state index contributed by atoms with van der Waals surface area (Å²) in [6, 6.07) is 19.2. The minimum absolute atomic E-state index is 0.000866. The predicted molar refractivity (Wildman–Crippen MR) is 156 cm³/mol. The average molecular weight is 600 g/mol. The van der Waals surface area contributed by atoms with Crippen molar-refractivity contribution < 1.29 is 27.9 Å². The number of alkyl halides is 3. The monoisotopic (exact) mass is 599 g/mol. The quantitative estimate of drug-likeness (QED) is 0.261. The number of halogens is 4. The molecular weight excluding hydrogens is 567 g/mol. The molecule has 0 radical (unpaired) electrons. The van der Waals surface area contributed by atoms with E-state index in [1.54, 1.807) is 0 Å². The first kappa shape index (κ1) is 29.9. The number of phenols is 1. The summed E-state index contributed by atoms with van der Waals surface area (Å²) in [5.74, 6) is -0.897. The number of carbonyl (C=O) groups is 2. The van der Waals surface area contributed by atoms with Gasteiger partial charge in [0, 0.05) is 19.1 Å². The maximum atomic E-state index is 13.6. The maximum absolute atomic E-state index is 13.6. The first-order valence-electron chi connectivity index (χ1n) is 14.1. The van der Waals surface area contributed by atoms with E-state index in [2.05, 4.69) is 15.5 Å². The Hall–Kier alpha value is -3.56. The fourth-order valence-electron chi connectivity index (χ4n) is 6.26. The molecule has 1 saturated heterocycles. The van der Waals surface area contributed by atoms with E-state index in [-0.39, 0.29) is 22.7 Å². The molecule has 1 fully saturated rings. The number of carbonyl (C=O) groups excluding carboxylic acids is 2. The molecule has 5 rings (SSSR count). The Kier molecular flexibility index (Phi) is 8.80. The molecule has 2 aliphatic rings. The van der Waals surface area contributed by atoms with Gasteiger partial charge in [-0.2, -0.15) is 13.2 Å². The van der Waals surface area contributed by atoms with Crippen LogP contribution in [-0.2, 0) is 10.2 Å². The number of amides is 2. The van der Waals surface area contributed by atoms with Crippen molar-refractivity contribution in [1.29, 1.82) is 0 Å². The molecule has 3 N–H and O–H groups in total. The lowest BCUT2D eigenvalue weighted by Crippen LogP contribution is -2.47. The summed E-state index contributed by atoms with van der Waals surface area (Å²) in [5, 5.41) is 14.9. The Labute approximate surface area is 247 Å². The van der Waals surface area contributed by atoms with Crippen LogP contribution in [0.25, 0.3) is 11.1 Å². The Morgan fingerprint density at radius 1 is 0.952 bits per heavy atom. The molecule has 0 spiro atoms. The van der Waals surface area contributed by atoms with E-state index in [4.69, 9.17) is 11.6 Å². The summed E-state index contributed by atoms with van der Waals surface area (Å²) in [7, 11) is 0. The summed E-state index contributed by atoms with van der Waals surface area (Å²) >= 11 is 6.10. The molecule has 0 aromatic heterocycles. The third kappa shape index (κ3) is 6.27. The Morgan fingerprint density at radius 2 is 1.57 bits per heavy atom. The second kappa shape index (κ2) is 12.4. The van der Waals surface area contributed by atoms with Gasteiger partial charge < -0.3 is 20.6 Å². The van der Waals surface area contributed by atoms with Gasteiger partial charge in [-0.15, -0.1) is 0 Å². The zero-order chi connectivity index (χ0) is 29.9. The number of hydrogen-bond donors (Lipinski definition) is 3. The lowest BCUT2D eigenvalue weighted by atomic mass is 9.73. The molecule has 42 heavy (non-hydrogen) atoms. The molecule has 2 amide bonds. The molecular formula is C32H33ClF3N3O3. The summed E-state index contributed by atoms with van der Waals surface area (Å²) < 4.78 is 39.3. The van der Waals surface area contributed by atoms with Crippen LogP contribution in [-0.4, -0.2) is 60.2 Å². The van der Waals surface area contributed by atoms with Crippen LogP contribution in [0.15, 0.2) is 66.7 Å². The third-order valence-electron chi connectivity index (χ3n) is 8.30. The van der Waals surface area contributed by atoms with Crippen LogP contribution in [0.1, 0.15) is 53.6 Å². The lowest BCUT2D eigenvalue weighted by molar-refractivity contribution is -0.141. The zero-order valence-electron chi connectivity index (χ0n) is 23.0. The van der Waals surface area contributed by atoms with Crippen molar-refractivity contribution >= 4 is 23.4 Å². The molecule has 3 aromatic rings. The fraction of sp³-hybridized carbons (Fsp3) is 0.375. The number of aromatic hydroxyl groups is 1. The highest BCUT2D eigenvalue weighted by molar-refractivity contribution is 6.34. The van der Waals surface area contributed by atoms with E-state index in [1.165, 1.54) is 18.2 Å². The van der Waals surface area contributed by atoms with Gasteiger partial charge in [-0.05, 0) is 72.7 Å². The lowest BCUT2D eigenvalue weighted by Gasteiger charge is -2.33. The molecule has 0 unspecified atom stereocenters. The van der Waals surface area contributed by atoms with Crippen LogP contribution < -0.4 is 10.6 Å². The van der Waals surface area contributed by atoms with Crippen LogP contribution >= 0.6 is 11.6 Å². The summed E-state index contributed by atoms with van der Waals surface area (Å²) in [4.78, 5) is 28.6. The first-order valence-corrected chi connectivity index (χ1v) is 14.5. The van der Waals surface area contributed by atoms with Gasteiger partial charge in [-0.25, -0.2) is 0 Å². The van der Waals surface area contributed by atoms with Crippen LogP contribution in [0.3, 0.4) is 0 Å². The van der Waals surface area contributed by atoms with Crippen molar-refractivity contribution in [1.82, 2.24) is 15.5 Å². The normalized spacial score (nSPS) is 16.5. The van der Waals surface area contributed by atoms with E-state index in [1.807, 2.05) is 48.5 Å². The van der Waals surface area contributed by atoms with E-state index < -0.39 is 24.0 Å². The Balaban J connectivity index is 1.20. The minimum atomic E-state index is -4.50. The number of piperidine rings is 1. The van der Waals surface area contributed by atoms with Gasteiger partial charge >= 0.3 is 6.18 Å². The first-order chi connectivity index (χ1) is 20.1. The van der Waals surface area contributed by atoms with Crippen LogP contribution in [0, 0.1) is 0 Å². The predicted octanol–water partition coefficient (Wildman–Crippen LogP) is 6.06. The molecule has 3 aromatic carbocycles.